The summed E-state index contributed by atoms with van der Waals surface area (Å²) in [4.78, 5) is 4.01. The summed E-state index contributed by atoms with van der Waals surface area (Å²) in [7, 11) is 0. The van der Waals surface area contributed by atoms with Crippen molar-refractivity contribution in [1.29, 1.82) is 0 Å². The van der Waals surface area contributed by atoms with E-state index in [-0.39, 0.29) is 0 Å². The van der Waals surface area contributed by atoms with Gasteiger partial charge in [0.25, 0.3) is 0 Å². The van der Waals surface area contributed by atoms with Crippen LogP contribution in [-0.2, 0) is 0 Å². The van der Waals surface area contributed by atoms with Gasteiger partial charge >= 0.3 is 0 Å². The lowest BCUT2D eigenvalue weighted by Gasteiger charge is -1.80. The molecule has 8 heavy (non-hydrogen) atoms. The number of rotatable bonds is 0. The first kappa shape index (κ1) is 5.07. The molecule has 0 N–H and O–H groups in total. The predicted octanol–water partition coefficient (Wildman–Crippen LogP) is 1.69. The molecular weight excluding hydrogens is 98.1 g/mol. The molecule has 0 fully saturated rings. The molecule has 0 aromatic rings. The van der Waals surface area contributed by atoms with E-state index in [1.807, 2.05) is 19.1 Å². The van der Waals surface area contributed by atoms with Gasteiger partial charge in [-0.15, -0.1) is 5.73 Å². The zero-order valence-electron chi connectivity index (χ0n) is 4.76. The number of hydrogen-bond donors (Lipinski definition) is 0. The molecule has 0 saturated carbocycles. The van der Waals surface area contributed by atoms with Crippen LogP contribution in [-0.4, -0.2) is 6.21 Å². The van der Waals surface area contributed by atoms with Crippen molar-refractivity contribution in [2.75, 3.05) is 0 Å². The van der Waals surface area contributed by atoms with E-state index in [0.717, 1.165) is 5.70 Å². The molecule has 0 atom stereocenters. The summed E-state index contributed by atoms with van der Waals surface area (Å²) in [5, 5.41) is 0. The molecule has 40 valence electrons. The van der Waals surface area contributed by atoms with Gasteiger partial charge in [0.2, 0.25) is 0 Å². The maximum absolute atomic E-state index is 4.01. The largest absolute Gasteiger partial charge is 0.261 e. The third-order valence-electron chi connectivity index (χ3n) is 0.870. The summed E-state index contributed by atoms with van der Waals surface area (Å²) >= 11 is 0. The minimum absolute atomic E-state index is 1.02. The van der Waals surface area contributed by atoms with Gasteiger partial charge in [0.05, 0.1) is 0 Å². The Morgan fingerprint density at radius 2 is 2.38 bits per heavy atom. The van der Waals surface area contributed by atoms with E-state index in [0.29, 0.717) is 0 Å². The van der Waals surface area contributed by atoms with Crippen molar-refractivity contribution in [3.8, 4) is 0 Å². The van der Waals surface area contributed by atoms with Gasteiger partial charge in [0.15, 0.2) is 0 Å². The van der Waals surface area contributed by atoms with Crippen molar-refractivity contribution in [1.82, 2.24) is 0 Å². The second kappa shape index (κ2) is 2.29. The van der Waals surface area contributed by atoms with E-state index < -0.39 is 0 Å². The molecule has 1 aliphatic rings. The Hall–Kier alpha value is -1.07. The summed E-state index contributed by atoms with van der Waals surface area (Å²) in [6.07, 6.45) is 7.28. The van der Waals surface area contributed by atoms with Crippen molar-refractivity contribution < 1.29 is 0 Å². The molecule has 0 unspecified atom stereocenters. The molecule has 1 heteroatoms. The lowest BCUT2D eigenvalue weighted by molar-refractivity contribution is 1.32. The van der Waals surface area contributed by atoms with Crippen molar-refractivity contribution in [2.45, 2.75) is 6.92 Å². The fourth-order valence-corrected chi connectivity index (χ4v) is 0.465. The number of aliphatic imine (C=N–C) groups is 1. The Morgan fingerprint density at radius 1 is 1.50 bits per heavy atom. The molecule has 0 aromatic heterocycles. The van der Waals surface area contributed by atoms with Crippen LogP contribution >= 0.6 is 0 Å². The van der Waals surface area contributed by atoms with Gasteiger partial charge in [0.1, 0.15) is 0 Å². The maximum atomic E-state index is 4.01. The zero-order valence-corrected chi connectivity index (χ0v) is 4.76. The monoisotopic (exact) mass is 105 g/mol. The van der Waals surface area contributed by atoms with E-state index in [2.05, 4.69) is 10.7 Å². The first-order chi connectivity index (χ1) is 3.89. The maximum Gasteiger partial charge on any atom is 0.0379 e. The van der Waals surface area contributed by atoms with E-state index in [1.165, 1.54) is 0 Å². The summed E-state index contributed by atoms with van der Waals surface area (Å²) in [6, 6.07) is 0. The molecule has 1 aliphatic heterocycles. The van der Waals surface area contributed by atoms with Crippen LogP contribution in [0.2, 0.25) is 0 Å². The molecule has 1 nitrogen and oxygen atoms in total. The average Bonchev–Trinajstić information content (AvgIpc) is 1.94. The molecule has 1 heterocycles. The van der Waals surface area contributed by atoms with E-state index in [1.54, 1.807) is 12.3 Å². The molecule has 0 aromatic carbocycles. The topological polar surface area (TPSA) is 12.4 Å². The van der Waals surface area contributed by atoms with Gasteiger partial charge in [-0.05, 0) is 25.2 Å². The highest BCUT2D eigenvalue weighted by atomic mass is 14.7. The second-order valence-electron chi connectivity index (χ2n) is 1.59. The van der Waals surface area contributed by atoms with Crippen molar-refractivity contribution in [2.24, 2.45) is 4.99 Å². The normalized spacial score (nSPS) is 15.9. The lowest BCUT2D eigenvalue weighted by Crippen LogP contribution is -1.64. The summed E-state index contributed by atoms with van der Waals surface area (Å²) in [5.74, 6) is 0. The van der Waals surface area contributed by atoms with Crippen LogP contribution in [0.25, 0.3) is 0 Å². The summed E-state index contributed by atoms with van der Waals surface area (Å²) in [6.45, 7) is 1.95. The highest BCUT2D eigenvalue weighted by Gasteiger charge is 1.77. The third kappa shape index (κ3) is 1.21. The first-order valence-corrected chi connectivity index (χ1v) is 2.51. The number of hydrogen-bond acceptors (Lipinski definition) is 1. The van der Waals surface area contributed by atoms with Crippen molar-refractivity contribution >= 4 is 6.21 Å². The molecule has 1 rings (SSSR count). The van der Waals surface area contributed by atoms with Crippen LogP contribution in [0.15, 0.2) is 34.6 Å². The fraction of sp³-hybridized carbons (Fsp3) is 0.143. The van der Waals surface area contributed by atoms with E-state index in [9.17, 15) is 0 Å². The second-order valence-corrected chi connectivity index (χ2v) is 1.59. The van der Waals surface area contributed by atoms with Gasteiger partial charge in [-0.3, -0.25) is 4.99 Å². The number of nitrogens with zero attached hydrogens (tertiary/aromatic N) is 1. The van der Waals surface area contributed by atoms with Crippen molar-refractivity contribution in [3.63, 3.8) is 0 Å². The average molecular weight is 105 g/mol. The molecule has 0 bridgehead atoms. The highest BCUT2D eigenvalue weighted by Crippen LogP contribution is 1.94. The molecule has 0 radical (unpaired) electrons. The van der Waals surface area contributed by atoms with Gasteiger partial charge in [-0.2, -0.15) is 0 Å². The van der Waals surface area contributed by atoms with Crippen LogP contribution in [0.4, 0.5) is 0 Å². The minimum atomic E-state index is 1.02. The SMILES string of the molecule is CC1=CC=C=CC=N1. The molecular formula is C7H7N. The zero-order chi connectivity index (χ0) is 5.82. The molecule has 0 amide bonds. The van der Waals surface area contributed by atoms with Gasteiger partial charge < -0.3 is 0 Å². The molecule has 0 spiro atoms. The van der Waals surface area contributed by atoms with Crippen LogP contribution < -0.4 is 0 Å². The Morgan fingerprint density at radius 3 is 3.25 bits per heavy atom. The van der Waals surface area contributed by atoms with Crippen LogP contribution in [0.3, 0.4) is 0 Å². The fourth-order valence-electron chi connectivity index (χ4n) is 0.465. The van der Waals surface area contributed by atoms with Gasteiger partial charge in [0, 0.05) is 11.9 Å². The highest BCUT2D eigenvalue weighted by molar-refractivity contribution is 5.72. The lowest BCUT2D eigenvalue weighted by atomic mass is 10.4. The van der Waals surface area contributed by atoms with Crippen LogP contribution in [0.5, 0.6) is 0 Å². The Kier molecular flexibility index (Phi) is 1.45. The molecule has 0 saturated heterocycles. The molecule has 0 aliphatic carbocycles. The summed E-state index contributed by atoms with van der Waals surface area (Å²) in [5.41, 5.74) is 3.92. The van der Waals surface area contributed by atoms with Crippen LogP contribution in [0, 0.1) is 0 Å². The van der Waals surface area contributed by atoms with E-state index in [4.69, 9.17) is 0 Å². The first-order valence-electron chi connectivity index (χ1n) is 2.51. The van der Waals surface area contributed by atoms with Gasteiger partial charge in [-0.25, -0.2) is 0 Å². The Labute approximate surface area is 48.7 Å². The van der Waals surface area contributed by atoms with E-state index >= 15 is 0 Å². The number of allylic oxidation sites excluding steroid dienone is 3. The van der Waals surface area contributed by atoms with Crippen molar-refractivity contribution in [3.05, 3.63) is 29.7 Å². The summed E-state index contributed by atoms with van der Waals surface area (Å²) < 4.78 is 0. The standard InChI is InChI=1S/C7H7N/c1-7-5-3-2-4-6-8-7/h3-6H,1H3. The van der Waals surface area contributed by atoms with Crippen LogP contribution in [0.1, 0.15) is 6.92 Å². The van der Waals surface area contributed by atoms with Gasteiger partial charge in [-0.1, -0.05) is 0 Å². The quantitative estimate of drug-likeness (QED) is 0.416. The third-order valence-corrected chi connectivity index (χ3v) is 0.870. The smallest absolute Gasteiger partial charge is 0.0379 e. The Balaban J connectivity index is 2.90. The minimum Gasteiger partial charge on any atom is -0.261 e. The Bertz CT molecular complexity index is 190. The predicted molar refractivity (Wildman–Crippen MR) is 34.9 cm³/mol.